The molecule has 152 valence electrons. The van der Waals surface area contributed by atoms with Crippen LogP contribution in [0.25, 0.3) is 0 Å². The van der Waals surface area contributed by atoms with E-state index in [4.69, 9.17) is 0 Å². The summed E-state index contributed by atoms with van der Waals surface area (Å²) >= 11 is 0. The Bertz CT molecular complexity index is 1020. The van der Waals surface area contributed by atoms with Crippen LogP contribution in [0.1, 0.15) is 52.4 Å². The summed E-state index contributed by atoms with van der Waals surface area (Å²) in [6.45, 7) is 0. The number of rotatable bonds is 6. The fourth-order valence-electron chi connectivity index (χ4n) is 3.89. The molecule has 3 aromatic rings. The average molecular weight is 399 g/mol. The maximum atomic E-state index is 12.5. The van der Waals surface area contributed by atoms with Crippen LogP contribution in [-0.4, -0.2) is 16.8 Å². The van der Waals surface area contributed by atoms with Crippen molar-refractivity contribution in [1.29, 1.82) is 0 Å². The monoisotopic (exact) mass is 399 g/mol. The third-order valence-electron chi connectivity index (χ3n) is 5.50. The number of fused-ring (bicyclic) bond motifs is 1. The lowest BCUT2D eigenvalue weighted by Gasteiger charge is -2.26. The van der Waals surface area contributed by atoms with Gasteiger partial charge < -0.3 is 10.6 Å². The van der Waals surface area contributed by atoms with Gasteiger partial charge in [-0.25, -0.2) is 0 Å². The van der Waals surface area contributed by atoms with Gasteiger partial charge in [-0.15, -0.1) is 0 Å². The molecule has 1 aliphatic carbocycles. The van der Waals surface area contributed by atoms with E-state index < -0.39 is 0 Å². The van der Waals surface area contributed by atoms with Crippen molar-refractivity contribution in [3.05, 3.63) is 95.3 Å². The summed E-state index contributed by atoms with van der Waals surface area (Å²) in [6, 6.07) is 19.4. The lowest BCUT2D eigenvalue weighted by molar-refractivity contribution is -0.121. The largest absolute Gasteiger partial charge is 0.349 e. The fourth-order valence-corrected chi connectivity index (χ4v) is 3.89. The minimum Gasteiger partial charge on any atom is -0.349 e. The van der Waals surface area contributed by atoms with Crippen LogP contribution in [0.3, 0.4) is 0 Å². The second-order valence-electron chi connectivity index (χ2n) is 7.60. The number of hydrogen-bond donors (Lipinski definition) is 2. The molecule has 2 amide bonds. The number of hydrogen-bond acceptors (Lipinski definition) is 3. The van der Waals surface area contributed by atoms with Gasteiger partial charge in [-0.3, -0.25) is 14.6 Å². The molecule has 0 saturated carbocycles. The molecule has 1 atom stereocenters. The van der Waals surface area contributed by atoms with Crippen LogP contribution in [0.5, 0.6) is 0 Å². The number of anilines is 1. The van der Waals surface area contributed by atoms with Gasteiger partial charge in [0.2, 0.25) is 5.91 Å². The number of pyridine rings is 1. The zero-order valence-corrected chi connectivity index (χ0v) is 16.8. The van der Waals surface area contributed by atoms with E-state index in [1.807, 2.05) is 18.2 Å². The molecule has 0 spiro atoms. The molecule has 0 saturated heterocycles. The second kappa shape index (κ2) is 9.35. The first-order valence-corrected chi connectivity index (χ1v) is 10.4. The van der Waals surface area contributed by atoms with E-state index in [1.54, 1.807) is 36.7 Å². The topological polar surface area (TPSA) is 71.1 Å². The van der Waals surface area contributed by atoms with E-state index in [1.165, 1.54) is 11.1 Å². The maximum absolute atomic E-state index is 12.5. The first-order valence-electron chi connectivity index (χ1n) is 10.4. The zero-order chi connectivity index (χ0) is 20.8. The Morgan fingerprint density at radius 3 is 2.53 bits per heavy atom. The standard InChI is InChI=1S/C25H25N3O2/c29-24(28-23-7-3-5-19-4-1-2-6-22(19)23)13-10-18-8-11-20(12-9-18)25(30)27-21-14-16-26-17-15-21/h1-2,4,6,8-9,11-12,14-17,23H,3,5,7,10,13H2,(H,28,29)(H,26,27,30)/t23-/m0/s1. The first-order chi connectivity index (χ1) is 14.7. The van der Waals surface area contributed by atoms with Crippen molar-refractivity contribution in [1.82, 2.24) is 10.3 Å². The van der Waals surface area contributed by atoms with Gasteiger partial charge in [0.05, 0.1) is 6.04 Å². The van der Waals surface area contributed by atoms with E-state index in [9.17, 15) is 9.59 Å². The third-order valence-corrected chi connectivity index (χ3v) is 5.50. The highest BCUT2D eigenvalue weighted by molar-refractivity contribution is 6.04. The van der Waals surface area contributed by atoms with E-state index in [0.717, 1.165) is 24.8 Å². The number of carbonyl (C=O) groups is 2. The van der Waals surface area contributed by atoms with Crippen LogP contribution in [0.2, 0.25) is 0 Å². The number of nitrogens with zero attached hydrogens (tertiary/aromatic N) is 1. The quantitative estimate of drug-likeness (QED) is 0.643. The Morgan fingerprint density at radius 1 is 0.967 bits per heavy atom. The number of benzene rings is 2. The van der Waals surface area contributed by atoms with E-state index in [0.29, 0.717) is 24.1 Å². The fraction of sp³-hybridized carbons (Fsp3) is 0.240. The molecule has 0 bridgehead atoms. The third kappa shape index (κ3) is 4.92. The van der Waals surface area contributed by atoms with Crippen molar-refractivity contribution in [3.8, 4) is 0 Å². The van der Waals surface area contributed by atoms with E-state index >= 15 is 0 Å². The summed E-state index contributed by atoms with van der Waals surface area (Å²) in [5.41, 5.74) is 4.92. The van der Waals surface area contributed by atoms with Gasteiger partial charge in [0.25, 0.3) is 5.91 Å². The van der Waals surface area contributed by atoms with Crippen molar-refractivity contribution in [2.75, 3.05) is 5.32 Å². The minimum atomic E-state index is -0.165. The summed E-state index contributed by atoms with van der Waals surface area (Å²) < 4.78 is 0. The van der Waals surface area contributed by atoms with Gasteiger partial charge in [-0.05, 0) is 66.6 Å². The number of nitrogens with one attached hydrogen (secondary N) is 2. The second-order valence-corrected chi connectivity index (χ2v) is 7.60. The van der Waals surface area contributed by atoms with Gasteiger partial charge >= 0.3 is 0 Å². The number of aromatic nitrogens is 1. The van der Waals surface area contributed by atoms with E-state index in [-0.39, 0.29) is 17.9 Å². The highest BCUT2D eigenvalue weighted by Crippen LogP contribution is 2.29. The zero-order valence-electron chi connectivity index (χ0n) is 16.8. The summed E-state index contributed by atoms with van der Waals surface area (Å²) in [4.78, 5) is 28.7. The normalized spacial score (nSPS) is 15.1. The maximum Gasteiger partial charge on any atom is 0.255 e. The summed E-state index contributed by atoms with van der Waals surface area (Å²) in [5.74, 6) is -0.0994. The molecule has 0 radical (unpaired) electrons. The molecular weight excluding hydrogens is 374 g/mol. The lowest BCUT2D eigenvalue weighted by Crippen LogP contribution is -2.31. The molecule has 30 heavy (non-hydrogen) atoms. The summed E-state index contributed by atoms with van der Waals surface area (Å²) in [7, 11) is 0. The molecule has 1 aliphatic rings. The molecular formula is C25H25N3O2. The van der Waals surface area contributed by atoms with Crippen LogP contribution in [-0.2, 0) is 17.6 Å². The smallest absolute Gasteiger partial charge is 0.255 e. The number of aryl methyl sites for hydroxylation is 2. The molecule has 5 heteroatoms. The molecule has 5 nitrogen and oxygen atoms in total. The van der Waals surface area contributed by atoms with Gasteiger partial charge in [0, 0.05) is 30.1 Å². The van der Waals surface area contributed by atoms with Gasteiger partial charge in [-0.2, -0.15) is 0 Å². The Balaban J connectivity index is 1.29. The van der Waals surface area contributed by atoms with Crippen molar-refractivity contribution in [2.24, 2.45) is 0 Å². The molecule has 4 rings (SSSR count). The summed E-state index contributed by atoms with van der Waals surface area (Å²) in [5, 5.41) is 6.03. The van der Waals surface area contributed by atoms with Crippen LogP contribution in [0.15, 0.2) is 73.1 Å². The Morgan fingerprint density at radius 2 is 1.73 bits per heavy atom. The molecule has 2 aromatic carbocycles. The van der Waals surface area contributed by atoms with E-state index in [2.05, 4.69) is 33.8 Å². The van der Waals surface area contributed by atoms with Gasteiger partial charge in [-0.1, -0.05) is 36.4 Å². The van der Waals surface area contributed by atoms with Crippen LogP contribution in [0, 0.1) is 0 Å². The molecule has 1 aromatic heterocycles. The van der Waals surface area contributed by atoms with Crippen LogP contribution < -0.4 is 10.6 Å². The average Bonchev–Trinajstić information content (AvgIpc) is 2.79. The van der Waals surface area contributed by atoms with Crippen molar-refractivity contribution < 1.29 is 9.59 Å². The molecule has 0 aliphatic heterocycles. The van der Waals surface area contributed by atoms with Gasteiger partial charge in [0.1, 0.15) is 0 Å². The Labute approximate surface area is 176 Å². The van der Waals surface area contributed by atoms with Crippen LogP contribution >= 0.6 is 0 Å². The number of amides is 2. The SMILES string of the molecule is O=C(CCc1ccc(C(=O)Nc2ccncc2)cc1)N[C@H]1CCCc2ccccc21. The van der Waals surface area contributed by atoms with Crippen molar-refractivity contribution in [2.45, 2.75) is 38.1 Å². The Hall–Kier alpha value is -3.47. The first kappa shape index (κ1) is 19.8. The molecule has 0 fully saturated rings. The predicted molar refractivity (Wildman–Crippen MR) is 117 cm³/mol. The molecule has 1 heterocycles. The van der Waals surface area contributed by atoms with Gasteiger partial charge in [0.15, 0.2) is 0 Å². The highest BCUT2D eigenvalue weighted by atomic mass is 16.2. The van der Waals surface area contributed by atoms with Crippen molar-refractivity contribution >= 4 is 17.5 Å². The molecule has 0 unspecified atom stereocenters. The number of carbonyl (C=O) groups excluding carboxylic acids is 2. The summed E-state index contributed by atoms with van der Waals surface area (Å²) in [6.07, 6.45) is 7.53. The van der Waals surface area contributed by atoms with Crippen molar-refractivity contribution in [3.63, 3.8) is 0 Å². The predicted octanol–water partition coefficient (Wildman–Crippen LogP) is 4.46. The minimum absolute atomic E-state index is 0.0659. The highest BCUT2D eigenvalue weighted by Gasteiger charge is 2.21. The molecule has 2 N–H and O–H groups in total. The lowest BCUT2D eigenvalue weighted by atomic mass is 9.87. The van der Waals surface area contributed by atoms with Crippen LogP contribution in [0.4, 0.5) is 5.69 Å². The Kier molecular flexibility index (Phi) is 6.18.